The molecule has 3 spiro atoms. The van der Waals surface area contributed by atoms with Crippen molar-refractivity contribution < 1.29 is 57.5 Å². The number of carbonyl (C=O) groups is 4. The molecule has 208 valence electrons. The summed E-state index contributed by atoms with van der Waals surface area (Å²) in [6.45, 7) is 2.57. The minimum atomic E-state index is -5.86. The van der Waals surface area contributed by atoms with Crippen molar-refractivity contribution in [1.82, 2.24) is 0 Å². The van der Waals surface area contributed by atoms with Crippen molar-refractivity contribution in [1.29, 1.82) is 0 Å². The molecule has 0 amide bonds. The van der Waals surface area contributed by atoms with Crippen LogP contribution >= 0.6 is 26.3 Å². The average Bonchev–Trinajstić information content (AvgIpc) is 3.90. The van der Waals surface area contributed by atoms with Crippen LogP contribution in [0.4, 0.5) is 0 Å². The Kier molecular flexibility index (Phi) is 6.68. The molecule has 3 unspecified atom stereocenters. The zero-order valence-electron chi connectivity index (χ0n) is 21.3. The summed E-state index contributed by atoms with van der Waals surface area (Å²) in [5, 5.41) is -5.19. The molecular formula is C28H12IO12P. The van der Waals surface area contributed by atoms with Gasteiger partial charge in [0.25, 0.3) is 0 Å². The summed E-state index contributed by atoms with van der Waals surface area (Å²) in [7, 11) is 0. The van der Waals surface area contributed by atoms with Gasteiger partial charge in [0.1, 0.15) is 0 Å². The molecule has 4 rings (SSSR count). The first kappa shape index (κ1) is 30.4. The van der Waals surface area contributed by atoms with Gasteiger partial charge in [-0.1, -0.05) is 0 Å². The number of allylic oxidation sites excluding steroid dienone is 8. The van der Waals surface area contributed by atoms with Gasteiger partial charge in [0, 0.05) is 0 Å². The third kappa shape index (κ3) is 2.59. The van der Waals surface area contributed by atoms with Crippen LogP contribution < -0.4 is 0 Å². The Bertz CT molecular complexity index is 1980. The Morgan fingerprint density at radius 3 is 1.74 bits per heavy atom. The van der Waals surface area contributed by atoms with E-state index in [0.717, 1.165) is 18.8 Å². The van der Waals surface area contributed by atoms with Crippen LogP contribution in [-0.2, 0) is 57.5 Å². The van der Waals surface area contributed by atoms with Gasteiger partial charge in [-0.25, -0.2) is 0 Å². The van der Waals surface area contributed by atoms with Crippen LogP contribution in [0.15, 0.2) is 44.1 Å². The number of fused-ring (bicyclic) bond motifs is 2. The van der Waals surface area contributed by atoms with E-state index in [0.29, 0.717) is 0 Å². The molecule has 4 fully saturated rings. The van der Waals surface area contributed by atoms with Crippen molar-refractivity contribution in [2.45, 2.75) is 31.8 Å². The molecule has 12 nitrogen and oxygen atoms in total. The van der Waals surface area contributed by atoms with Crippen LogP contribution in [0, 0.1) is 10.8 Å². The van der Waals surface area contributed by atoms with Crippen LogP contribution in [0.25, 0.3) is 0 Å². The second kappa shape index (κ2) is 9.22. The third-order valence-electron chi connectivity index (χ3n) is 8.54. The number of ketones is 4. The normalized spacial score (nSPS) is 29.9. The molecule has 3 aliphatic carbocycles. The number of rotatable bonds is 6. The average molecular weight is 698 g/mol. The summed E-state index contributed by atoms with van der Waals surface area (Å²) >= 11 is 1.35. The fourth-order valence-electron chi connectivity index (χ4n) is 6.70. The van der Waals surface area contributed by atoms with Crippen molar-refractivity contribution >= 4 is 97.0 Å². The first-order valence-corrected chi connectivity index (χ1v) is 17.0. The van der Waals surface area contributed by atoms with Crippen LogP contribution in [0.1, 0.15) is 26.7 Å². The van der Waals surface area contributed by atoms with Crippen molar-refractivity contribution in [2.75, 3.05) is 6.16 Å². The molecule has 3 atom stereocenters. The van der Waals surface area contributed by atoms with Crippen molar-refractivity contribution in [2.24, 2.45) is 10.8 Å². The van der Waals surface area contributed by atoms with Crippen molar-refractivity contribution in [3.05, 3.63) is 44.1 Å². The Labute approximate surface area is 246 Å². The first-order valence-electron chi connectivity index (χ1n) is 11.8. The van der Waals surface area contributed by atoms with E-state index in [1.54, 1.807) is 6.92 Å². The molecule has 3 saturated carbocycles. The fraction of sp³-hybridized carbons (Fsp3) is 0.286. The SMILES string of the molecule is CCCCP1(I)(C(=C=O)C(=C=O)C(C)=C=O)C(=C=O)C(=C=O)C(=C=O)C(=C=O)C(=O)C12C(=O)C21C(=O)C12C(=O)C2=C=O. The second-order valence-electron chi connectivity index (χ2n) is 9.80. The molecule has 0 aromatic rings. The van der Waals surface area contributed by atoms with Crippen LogP contribution in [0.3, 0.4) is 0 Å². The summed E-state index contributed by atoms with van der Waals surface area (Å²) < 4.78 is -5.86. The monoisotopic (exact) mass is 698 g/mol. The number of hydrogen-bond donors (Lipinski definition) is 0. The van der Waals surface area contributed by atoms with Gasteiger partial charge < -0.3 is 0 Å². The molecule has 0 aromatic carbocycles. The van der Waals surface area contributed by atoms with Gasteiger partial charge in [-0.3, -0.25) is 0 Å². The molecular weight excluding hydrogens is 686 g/mol. The minimum absolute atomic E-state index is 0.122. The second-order valence-corrected chi connectivity index (χ2v) is 20.6. The Hall–Kier alpha value is -4.56. The van der Waals surface area contributed by atoms with Crippen LogP contribution in [-0.4, -0.2) is 82.0 Å². The molecule has 42 heavy (non-hydrogen) atoms. The van der Waals surface area contributed by atoms with Crippen molar-refractivity contribution in [3.63, 3.8) is 0 Å². The van der Waals surface area contributed by atoms with Crippen molar-refractivity contribution in [3.8, 4) is 0 Å². The van der Waals surface area contributed by atoms with Gasteiger partial charge in [0.05, 0.1) is 0 Å². The summed E-state index contributed by atoms with van der Waals surface area (Å²) in [6.07, 6.45) is -0.587. The van der Waals surface area contributed by atoms with Crippen LogP contribution in [0.5, 0.6) is 0 Å². The summed E-state index contributed by atoms with van der Waals surface area (Å²) in [4.78, 5) is 153. The number of carbonyl (C=O) groups excluding carboxylic acids is 12. The van der Waals surface area contributed by atoms with Crippen LogP contribution in [0.2, 0.25) is 0 Å². The maximum absolute atomic E-state index is 14.6. The number of halogens is 1. The Morgan fingerprint density at radius 2 is 1.33 bits per heavy atom. The molecule has 0 radical (unpaired) electrons. The molecule has 0 aromatic heterocycles. The molecule has 4 aliphatic rings. The Morgan fingerprint density at radius 1 is 0.738 bits per heavy atom. The predicted octanol–water partition coefficient (Wildman–Crippen LogP) is -0.269. The quantitative estimate of drug-likeness (QED) is 0.0879. The fourth-order valence-corrected chi connectivity index (χ4v) is 18.6. The number of Topliss-reactive ketones (excluding diaryl/α,β-unsaturated/α-hetero) is 4. The standard InChI is InChI=1S/C28H12IO12P/c1-3-4-5-42(29,20(12-36)15(7-31)14(2)6-30)21(13-37)17(9-33)16(8-32)18(10-34)22(38)28(42)25(41)27(28)24(40)26(27)19(11-35)23(26)39/h3-5H2,1-2H3. The number of hydrogen-bond acceptors (Lipinski definition) is 12. The zero-order chi connectivity index (χ0) is 31.7. The van der Waals surface area contributed by atoms with E-state index in [1.807, 2.05) is 0 Å². The van der Waals surface area contributed by atoms with E-state index in [2.05, 4.69) is 0 Å². The van der Waals surface area contributed by atoms with E-state index < -0.39 is 93.6 Å². The summed E-state index contributed by atoms with van der Waals surface area (Å²) in [5.41, 5.74) is -11.4. The molecule has 14 heteroatoms. The van der Waals surface area contributed by atoms with Gasteiger partial charge in [-0.2, -0.15) is 0 Å². The van der Waals surface area contributed by atoms with E-state index in [9.17, 15) is 57.5 Å². The molecule has 1 heterocycles. The van der Waals surface area contributed by atoms with Gasteiger partial charge in [0.2, 0.25) is 0 Å². The first-order chi connectivity index (χ1) is 19.9. The maximum atomic E-state index is 14.6. The molecule has 1 saturated heterocycles. The molecule has 0 bridgehead atoms. The molecule has 1 aliphatic heterocycles. The number of unbranched alkanes of at least 4 members (excludes halogenated alkanes) is 1. The van der Waals surface area contributed by atoms with E-state index >= 15 is 0 Å². The zero-order valence-corrected chi connectivity index (χ0v) is 24.4. The Balaban J connectivity index is 2.46. The van der Waals surface area contributed by atoms with E-state index in [4.69, 9.17) is 0 Å². The van der Waals surface area contributed by atoms with Gasteiger partial charge in [0.15, 0.2) is 0 Å². The predicted molar refractivity (Wildman–Crippen MR) is 148 cm³/mol. The topological polar surface area (TPSA) is 205 Å². The third-order valence-corrected chi connectivity index (χ3v) is 20.8. The van der Waals surface area contributed by atoms with E-state index in [1.165, 1.54) is 57.7 Å². The summed E-state index contributed by atoms with van der Waals surface area (Å²) in [6, 6.07) is 0. The molecule has 0 N–H and O–H groups in total. The van der Waals surface area contributed by atoms with E-state index in [-0.39, 0.29) is 12.8 Å². The van der Waals surface area contributed by atoms with Gasteiger partial charge in [-0.05, 0) is 0 Å². The summed E-state index contributed by atoms with van der Waals surface area (Å²) in [5.74, 6) is 4.69. The van der Waals surface area contributed by atoms with Gasteiger partial charge in [-0.15, -0.1) is 0 Å². The van der Waals surface area contributed by atoms with Gasteiger partial charge >= 0.3 is 247 Å².